The molecule has 1 saturated carbocycles. The molecule has 1 aromatic rings. The van der Waals surface area contributed by atoms with E-state index in [1.807, 2.05) is 25.2 Å². The molecule has 0 spiro atoms. The summed E-state index contributed by atoms with van der Waals surface area (Å²) in [6, 6.07) is 5.74. The number of anilines is 1. The molecule has 2 rings (SSSR count). The Balaban J connectivity index is 0.000000868. The quantitative estimate of drug-likeness (QED) is 0.546. The molecule has 6 nitrogen and oxygen atoms in total. The van der Waals surface area contributed by atoms with E-state index in [9.17, 15) is 4.79 Å². The molecule has 0 heterocycles. The second kappa shape index (κ2) is 12.2. The molecule has 0 atom stereocenters. The number of nitrogens with one attached hydrogen (secondary N) is 1. The van der Waals surface area contributed by atoms with Crippen LogP contribution in [0.5, 0.6) is 5.75 Å². The van der Waals surface area contributed by atoms with E-state index in [0.717, 1.165) is 36.6 Å². The maximum absolute atomic E-state index is 11.2. The maximum atomic E-state index is 11.2. The van der Waals surface area contributed by atoms with Gasteiger partial charge in [0.2, 0.25) is 0 Å². The lowest BCUT2D eigenvalue weighted by Crippen LogP contribution is -2.06. The van der Waals surface area contributed by atoms with E-state index in [1.54, 1.807) is 0 Å². The summed E-state index contributed by atoms with van der Waals surface area (Å²) < 4.78 is 10.4. The van der Waals surface area contributed by atoms with Gasteiger partial charge in [0.25, 0.3) is 0 Å². The average molecular weight is 323 g/mol. The predicted molar refractivity (Wildman–Crippen MR) is 88.8 cm³/mol. The van der Waals surface area contributed by atoms with Crippen molar-refractivity contribution in [3.8, 4) is 18.3 Å². The van der Waals surface area contributed by atoms with Gasteiger partial charge in [0.15, 0.2) is 0 Å². The minimum atomic E-state index is -0.233. The van der Waals surface area contributed by atoms with Gasteiger partial charge in [-0.05, 0) is 36.5 Å². The van der Waals surface area contributed by atoms with E-state index >= 15 is 0 Å². The van der Waals surface area contributed by atoms with Crippen molar-refractivity contribution in [2.45, 2.75) is 19.3 Å². The number of aliphatic hydroxyl groups is 2. The first-order valence-corrected chi connectivity index (χ1v) is 7.19. The highest BCUT2D eigenvalue weighted by atomic mass is 16.5. The second-order valence-electron chi connectivity index (χ2n) is 4.72. The van der Waals surface area contributed by atoms with Gasteiger partial charge in [-0.25, -0.2) is 0 Å². The number of esters is 1. The molecule has 1 aliphatic carbocycles. The number of hydrogen-bond acceptors (Lipinski definition) is 6. The lowest BCUT2D eigenvalue weighted by molar-refractivity contribution is -0.139. The van der Waals surface area contributed by atoms with E-state index in [0.29, 0.717) is 0 Å². The zero-order valence-corrected chi connectivity index (χ0v) is 13.8. The number of benzene rings is 1. The van der Waals surface area contributed by atoms with Gasteiger partial charge in [-0.3, -0.25) is 4.79 Å². The number of terminal acetylenes is 1. The van der Waals surface area contributed by atoms with Gasteiger partial charge < -0.3 is 25.0 Å². The van der Waals surface area contributed by atoms with E-state index in [-0.39, 0.29) is 12.4 Å². The zero-order chi connectivity index (χ0) is 17.7. The Morgan fingerprint density at radius 3 is 2.52 bits per heavy atom. The third kappa shape index (κ3) is 8.59. The molecule has 1 fully saturated rings. The highest BCUT2D eigenvalue weighted by molar-refractivity contribution is 5.73. The number of ether oxygens (including phenoxy) is 2. The smallest absolute Gasteiger partial charge is 0.309 e. The van der Waals surface area contributed by atoms with Crippen LogP contribution in [0, 0.1) is 18.4 Å². The SMILES string of the molecule is C#CO.CNc1cc(CC(=O)OC)ccc1OCC1CC1.CO. The van der Waals surface area contributed by atoms with Gasteiger partial charge in [0.05, 0.1) is 25.8 Å². The molecule has 0 saturated heterocycles. The Morgan fingerprint density at radius 2 is 2.04 bits per heavy atom. The zero-order valence-electron chi connectivity index (χ0n) is 13.8. The number of rotatable bonds is 6. The topological polar surface area (TPSA) is 88.0 Å². The molecule has 128 valence electrons. The summed E-state index contributed by atoms with van der Waals surface area (Å²) in [6.45, 7) is 0.783. The average Bonchev–Trinajstić information content (AvgIpc) is 3.40. The summed E-state index contributed by atoms with van der Waals surface area (Å²) in [4.78, 5) is 11.2. The lowest BCUT2D eigenvalue weighted by Gasteiger charge is -2.12. The number of aliphatic hydroxyl groups excluding tert-OH is 2. The third-order valence-corrected chi connectivity index (χ3v) is 3.06. The Bertz CT molecular complexity index is 506. The molecule has 6 heteroatoms. The second-order valence-corrected chi connectivity index (χ2v) is 4.72. The molecule has 1 aromatic carbocycles. The van der Waals surface area contributed by atoms with Crippen molar-refractivity contribution in [1.29, 1.82) is 0 Å². The van der Waals surface area contributed by atoms with Gasteiger partial charge in [-0.2, -0.15) is 0 Å². The molecular formula is C17H25NO5. The van der Waals surface area contributed by atoms with Gasteiger partial charge >= 0.3 is 5.97 Å². The minimum Gasteiger partial charge on any atom is -0.491 e. The molecule has 0 aliphatic heterocycles. The third-order valence-electron chi connectivity index (χ3n) is 3.06. The summed E-state index contributed by atoms with van der Waals surface area (Å²) in [5.74, 6) is 1.34. The molecule has 23 heavy (non-hydrogen) atoms. The van der Waals surface area contributed by atoms with Crippen LogP contribution in [-0.4, -0.2) is 44.1 Å². The van der Waals surface area contributed by atoms with Crippen LogP contribution < -0.4 is 10.1 Å². The number of carbonyl (C=O) groups is 1. The Kier molecular flexibility index (Phi) is 10.9. The summed E-state index contributed by atoms with van der Waals surface area (Å²) in [6.07, 6.45) is 8.23. The molecular weight excluding hydrogens is 298 g/mol. The van der Waals surface area contributed by atoms with Crippen molar-refractivity contribution in [1.82, 2.24) is 0 Å². The lowest BCUT2D eigenvalue weighted by atomic mass is 10.1. The van der Waals surface area contributed by atoms with Crippen molar-refractivity contribution >= 4 is 11.7 Å². The Hall–Kier alpha value is -2.39. The molecule has 0 radical (unpaired) electrons. The molecule has 0 aromatic heterocycles. The molecule has 0 amide bonds. The van der Waals surface area contributed by atoms with Gasteiger partial charge in [0.1, 0.15) is 11.9 Å². The van der Waals surface area contributed by atoms with Crippen LogP contribution in [-0.2, 0) is 16.0 Å². The van der Waals surface area contributed by atoms with Crippen LogP contribution in [0.2, 0.25) is 0 Å². The van der Waals surface area contributed by atoms with Crippen molar-refractivity contribution in [3.05, 3.63) is 23.8 Å². The summed E-state index contributed by atoms with van der Waals surface area (Å²) in [7, 11) is 4.25. The first-order chi connectivity index (χ1) is 11.1. The van der Waals surface area contributed by atoms with Crippen LogP contribution >= 0.6 is 0 Å². The summed E-state index contributed by atoms with van der Waals surface area (Å²) in [5, 5.41) is 17.2. The van der Waals surface area contributed by atoms with E-state index in [4.69, 9.17) is 14.9 Å². The Morgan fingerprint density at radius 1 is 1.43 bits per heavy atom. The standard InChI is InChI=1S/C14H19NO3.C2H2O.CH4O/c1-15-12-7-11(8-14(16)17-2)5-6-13(12)18-9-10-3-4-10;1-2-3;1-2/h5-7,10,15H,3-4,8-9H2,1-2H3;1,3H;2H,1H3. The number of hydrogen-bond donors (Lipinski definition) is 3. The number of carbonyl (C=O) groups excluding carboxylic acids is 1. The fourth-order valence-corrected chi connectivity index (χ4v) is 1.74. The highest BCUT2D eigenvalue weighted by Crippen LogP contribution is 2.32. The molecule has 3 N–H and O–H groups in total. The van der Waals surface area contributed by atoms with Gasteiger partial charge in [-0.15, -0.1) is 0 Å². The predicted octanol–water partition coefficient (Wildman–Crippen LogP) is 1.79. The van der Waals surface area contributed by atoms with Crippen LogP contribution in [0.1, 0.15) is 18.4 Å². The van der Waals surface area contributed by atoms with E-state index in [2.05, 4.69) is 16.5 Å². The highest BCUT2D eigenvalue weighted by Gasteiger charge is 2.22. The van der Waals surface area contributed by atoms with Crippen LogP contribution in [0.4, 0.5) is 5.69 Å². The molecule has 1 aliphatic rings. The fourth-order valence-electron chi connectivity index (χ4n) is 1.74. The van der Waals surface area contributed by atoms with Gasteiger partial charge in [0, 0.05) is 14.2 Å². The first kappa shape index (κ1) is 20.6. The molecule has 0 unspecified atom stereocenters. The summed E-state index contributed by atoms with van der Waals surface area (Å²) >= 11 is 0. The van der Waals surface area contributed by atoms with Crippen LogP contribution in [0.3, 0.4) is 0 Å². The van der Waals surface area contributed by atoms with Crippen molar-refractivity contribution in [2.75, 3.05) is 33.2 Å². The monoisotopic (exact) mass is 323 g/mol. The fraction of sp³-hybridized carbons (Fsp3) is 0.471. The Labute approximate surface area is 137 Å². The largest absolute Gasteiger partial charge is 0.491 e. The summed E-state index contributed by atoms with van der Waals surface area (Å²) in [5.41, 5.74) is 1.84. The maximum Gasteiger partial charge on any atom is 0.309 e. The van der Waals surface area contributed by atoms with Crippen molar-refractivity contribution < 1.29 is 24.5 Å². The minimum absolute atomic E-state index is 0.233. The van der Waals surface area contributed by atoms with Crippen LogP contribution in [0.15, 0.2) is 18.2 Å². The van der Waals surface area contributed by atoms with Crippen LogP contribution in [0.25, 0.3) is 0 Å². The van der Waals surface area contributed by atoms with Gasteiger partial charge in [-0.1, -0.05) is 12.5 Å². The van der Waals surface area contributed by atoms with Crippen molar-refractivity contribution in [3.63, 3.8) is 0 Å². The first-order valence-electron chi connectivity index (χ1n) is 7.19. The normalized spacial score (nSPS) is 11.6. The van der Waals surface area contributed by atoms with Crippen molar-refractivity contribution in [2.24, 2.45) is 5.92 Å². The van der Waals surface area contributed by atoms with E-state index in [1.165, 1.54) is 26.1 Å². The van der Waals surface area contributed by atoms with E-state index < -0.39 is 0 Å². The molecule has 0 bridgehead atoms. The number of methoxy groups -OCH3 is 1.